The summed E-state index contributed by atoms with van der Waals surface area (Å²) in [4.78, 5) is 22.4. The van der Waals surface area contributed by atoms with E-state index in [2.05, 4.69) is 10.5 Å². The lowest BCUT2D eigenvalue weighted by atomic mass is 10.1. The molecule has 106 valence electrons. The fourth-order valence-electron chi connectivity index (χ4n) is 1.53. The zero-order chi connectivity index (χ0) is 14.5. The first-order valence-electron chi connectivity index (χ1n) is 6.09. The summed E-state index contributed by atoms with van der Waals surface area (Å²) in [6.45, 7) is 1.84. The lowest BCUT2D eigenvalue weighted by Crippen LogP contribution is -2.27. The predicted octanol–water partition coefficient (Wildman–Crippen LogP) is 1.78. The third-order valence-corrected chi connectivity index (χ3v) is 2.79. The molecule has 7 nitrogen and oxygen atoms in total. The molecule has 0 aromatic carbocycles. The number of furan rings is 1. The molecule has 2 rings (SSSR count). The van der Waals surface area contributed by atoms with Gasteiger partial charge in [-0.25, -0.2) is 0 Å². The van der Waals surface area contributed by atoms with Crippen LogP contribution >= 0.6 is 0 Å². The molecule has 0 saturated carbocycles. The molecule has 0 aliphatic heterocycles. The van der Waals surface area contributed by atoms with Crippen molar-refractivity contribution >= 4 is 11.9 Å². The van der Waals surface area contributed by atoms with Gasteiger partial charge in [0.2, 0.25) is 5.76 Å². The summed E-state index contributed by atoms with van der Waals surface area (Å²) in [5.74, 6) is -0.966. The first-order chi connectivity index (χ1) is 9.58. The standard InChI is InChI=1S/C13H14N2O5/c1-8(13(17)18)4-5-14-12(16)9-7-11(20-15-9)10-3-2-6-19-10/h2-3,6-8H,4-5H2,1H3,(H,14,16)(H,17,18). The number of nitrogens with zero attached hydrogens (tertiary/aromatic N) is 1. The molecule has 2 N–H and O–H groups in total. The number of carbonyl (C=O) groups is 2. The summed E-state index contributed by atoms with van der Waals surface area (Å²) in [7, 11) is 0. The number of nitrogens with one attached hydrogen (secondary N) is 1. The Bertz CT molecular complexity index is 588. The molecule has 0 aliphatic rings. The quantitative estimate of drug-likeness (QED) is 0.834. The molecule has 0 saturated heterocycles. The van der Waals surface area contributed by atoms with Crippen LogP contribution in [0.3, 0.4) is 0 Å². The second-order valence-corrected chi connectivity index (χ2v) is 4.34. The van der Waals surface area contributed by atoms with Gasteiger partial charge in [0.15, 0.2) is 11.5 Å². The van der Waals surface area contributed by atoms with E-state index in [-0.39, 0.29) is 12.2 Å². The molecule has 1 atom stereocenters. The van der Waals surface area contributed by atoms with Crippen LogP contribution in [0.25, 0.3) is 11.5 Å². The second kappa shape index (κ2) is 6.05. The highest BCUT2D eigenvalue weighted by Crippen LogP contribution is 2.20. The molecule has 7 heteroatoms. The Morgan fingerprint density at radius 3 is 2.90 bits per heavy atom. The van der Waals surface area contributed by atoms with E-state index in [9.17, 15) is 9.59 Å². The fourth-order valence-corrected chi connectivity index (χ4v) is 1.53. The summed E-state index contributed by atoms with van der Waals surface area (Å²) in [5.41, 5.74) is 0.124. The Balaban J connectivity index is 1.89. The van der Waals surface area contributed by atoms with E-state index in [1.165, 1.54) is 12.3 Å². The summed E-state index contributed by atoms with van der Waals surface area (Å²) >= 11 is 0. The summed E-state index contributed by atoms with van der Waals surface area (Å²) in [5, 5.41) is 15.0. The molecule has 0 bridgehead atoms. The zero-order valence-corrected chi connectivity index (χ0v) is 10.8. The SMILES string of the molecule is CC(CCNC(=O)c1cc(-c2ccco2)on1)C(=O)O. The van der Waals surface area contributed by atoms with Crippen molar-refractivity contribution in [2.24, 2.45) is 5.92 Å². The Kier molecular flexibility index (Phi) is 4.19. The molecule has 0 radical (unpaired) electrons. The van der Waals surface area contributed by atoms with E-state index in [1.54, 1.807) is 19.1 Å². The number of amides is 1. The minimum atomic E-state index is -0.888. The van der Waals surface area contributed by atoms with Crippen LogP contribution in [0, 0.1) is 5.92 Å². The average Bonchev–Trinajstić information content (AvgIpc) is 3.08. The smallest absolute Gasteiger partial charge is 0.306 e. The van der Waals surface area contributed by atoms with Gasteiger partial charge < -0.3 is 19.4 Å². The van der Waals surface area contributed by atoms with Gasteiger partial charge in [0.1, 0.15) is 0 Å². The molecule has 0 fully saturated rings. The van der Waals surface area contributed by atoms with Crippen molar-refractivity contribution < 1.29 is 23.6 Å². The van der Waals surface area contributed by atoms with Gasteiger partial charge in [-0.05, 0) is 18.6 Å². The normalized spacial score (nSPS) is 12.1. The van der Waals surface area contributed by atoms with Gasteiger partial charge in [-0.15, -0.1) is 0 Å². The predicted molar refractivity (Wildman–Crippen MR) is 68.0 cm³/mol. The lowest BCUT2D eigenvalue weighted by molar-refractivity contribution is -0.141. The van der Waals surface area contributed by atoms with Gasteiger partial charge in [-0.3, -0.25) is 9.59 Å². The molecule has 2 aromatic rings. The molecule has 0 spiro atoms. The highest BCUT2D eigenvalue weighted by molar-refractivity contribution is 5.92. The van der Waals surface area contributed by atoms with Gasteiger partial charge in [-0.2, -0.15) is 0 Å². The number of hydrogen-bond donors (Lipinski definition) is 2. The van der Waals surface area contributed by atoms with E-state index < -0.39 is 17.8 Å². The summed E-state index contributed by atoms with van der Waals surface area (Å²) in [6.07, 6.45) is 1.84. The first-order valence-corrected chi connectivity index (χ1v) is 6.09. The molecular weight excluding hydrogens is 264 g/mol. The van der Waals surface area contributed by atoms with Gasteiger partial charge in [0, 0.05) is 12.6 Å². The van der Waals surface area contributed by atoms with Gasteiger partial charge in [0.25, 0.3) is 5.91 Å². The first kappa shape index (κ1) is 13.9. The molecule has 1 unspecified atom stereocenters. The van der Waals surface area contributed by atoms with Crippen LogP contribution in [0.5, 0.6) is 0 Å². The number of rotatable bonds is 6. The third-order valence-electron chi connectivity index (χ3n) is 2.79. The average molecular weight is 278 g/mol. The topological polar surface area (TPSA) is 106 Å². The van der Waals surface area contributed by atoms with Crippen LogP contribution in [-0.2, 0) is 4.79 Å². The van der Waals surface area contributed by atoms with Gasteiger partial charge >= 0.3 is 5.97 Å². The van der Waals surface area contributed by atoms with Crippen LogP contribution in [-0.4, -0.2) is 28.7 Å². The third kappa shape index (κ3) is 3.25. The molecule has 20 heavy (non-hydrogen) atoms. The van der Waals surface area contributed by atoms with Crippen molar-refractivity contribution in [1.29, 1.82) is 0 Å². The number of aliphatic carboxylic acids is 1. The lowest BCUT2D eigenvalue weighted by Gasteiger charge is -2.06. The van der Waals surface area contributed by atoms with Crippen molar-refractivity contribution in [2.75, 3.05) is 6.54 Å². The molecular formula is C13H14N2O5. The van der Waals surface area contributed by atoms with E-state index in [1.807, 2.05) is 0 Å². The number of carboxylic acids is 1. The van der Waals surface area contributed by atoms with Crippen molar-refractivity contribution in [3.63, 3.8) is 0 Å². The maximum Gasteiger partial charge on any atom is 0.306 e. The largest absolute Gasteiger partial charge is 0.481 e. The van der Waals surface area contributed by atoms with Crippen molar-refractivity contribution in [3.8, 4) is 11.5 Å². The summed E-state index contributed by atoms with van der Waals surface area (Å²) < 4.78 is 10.1. The maximum atomic E-state index is 11.8. The highest BCUT2D eigenvalue weighted by atomic mass is 16.5. The molecule has 0 aliphatic carbocycles. The van der Waals surface area contributed by atoms with Crippen molar-refractivity contribution in [3.05, 3.63) is 30.2 Å². The Morgan fingerprint density at radius 2 is 2.25 bits per heavy atom. The second-order valence-electron chi connectivity index (χ2n) is 4.34. The number of carbonyl (C=O) groups excluding carboxylic acids is 1. The zero-order valence-electron chi connectivity index (χ0n) is 10.8. The summed E-state index contributed by atoms with van der Waals surface area (Å²) in [6, 6.07) is 4.86. The van der Waals surface area contributed by atoms with E-state index in [0.717, 1.165) is 0 Å². The Hall–Kier alpha value is -2.57. The van der Waals surface area contributed by atoms with Gasteiger partial charge in [0.05, 0.1) is 12.2 Å². The molecule has 1 amide bonds. The van der Waals surface area contributed by atoms with Crippen molar-refractivity contribution in [2.45, 2.75) is 13.3 Å². The minimum Gasteiger partial charge on any atom is -0.481 e. The molecule has 2 aromatic heterocycles. The van der Waals surface area contributed by atoms with E-state index >= 15 is 0 Å². The minimum absolute atomic E-state index is 0.124. The number of aromatic nitrogens is 1. The number of hydrogen-bond acceptors (Lipinski definition) is 5. The van der Waals surface area contributed by atoms with E-state index in [0.29, 0.717) is 17.9 Å². The highest BCUT2D eigenvalue weighted by Gasteiger charge is 2.16. The number of carboxylic acid groups (broad SMARTS) is 1. The van der Waals surface area contributed by atoms with Crippen LogP contribution in [0.4, 0.5) is 0 Å². The van der Waals surface area contributed by atoms with Crippen LogP contribution < -0.4 is 5.32 Å². The maximum absolute atomic E-state index is 11.8. The van der Waals surface area contributed by atoms with Crippen molar-refractivity contribution in [1.82, 2.24) is 10.5 Å². The van der Waals surface area contributed by atoms with Crippen LogP contribution in [0.2, 0.25) is 0 Å². The van der Waals surface area contributed by atoms with E-state index in [4.69, 9.17) is 14.0 Å². The van der Waals surface area contributed by atoms with Gasteiger partial charge in [-0.1, -0.05) is 12.1 Å². The van der Waals surface area contributed by atoms with Crippen LogP contribution in [0.1, 0.15) is 23.8 Å². The Labute approximate surface area is 114 Å². The molecule has 2 heterocycles. The fraction of sp³-hybridized carbons (Fsp3) is 0.308. The van der Waals surface area contributed by atoms with Crippen LogP contribution in [0.15, 0.2) is 33.4 Å². The Morgan fingerprint density at radius 1 is 1.45 bits per heavy atom. The monoisotopic (exact) mass is 278 g/mol.